The summed E-state index contributed by atoms with van der Waals surface area (Å²) in [6, 6.07) is 5.79. The summed E-state index contributed by atoms with van der Waals surface area (Å²) in [4.78, 5) is 18.8. The fraction of sp³-hybridized carbons (Fsp3) is 0.467. The zero-order valence-corrected chi connectivity index (χ0v) is 12.4. The molecule has 1 aromatic heterocycles. The highest BCUT2D eigenvalue weighted by Gasteiger charge is 2.21. The number of hydrogen-bond donors (Lipinski definition) is 0. The number of aromatic nitrogens is 1. The Morgan fingerprint density at radius 3 is 2.90 bits per heavy atom. The van der Waals surface area contributed by atoms with Gasteiger partial charge in [-0.15, -0.1) is 11.3 Å². The Bertz CT molecular complexity index is 617. The second-order valence-corrected chi connectivity index (χ2v) is 5.97. The summed E-state index contributed by atoms with van der Waals surface area (Å²) in [6.07, 6.45) is 3.43. The molecule has 1 aliphatic rings. The first kappa shape index (κ1) is 13.4. The van der Waals surface area contributed by atoms with Gasteiger partial charge in [0.25, 0.3) is 5.91 Å². The van der Waals surface area contributed by atoms with Crippen LogP contribution in [0.5, 0.6) is 5.75 Å². The van der Waals surface area contributed by atoms with Crippen molar-refractivity contribution in [1.29, 1.82) is 0 Å². The zero-order valence-electron chi connectivity index (χ0n) is 11.6. The van der Waals surface area contributed by atoms with Gasteiger partial charge in [-0.1, -0.05) is 0 Å². The van der Waals surface area contributed by atoms with Crippen molar-refractivity contribution in [3.63, 3.8) is 0 Å². The van der Waals surface area contributed by atoms with Crippen LogP contribution in [0.25, 0.3) is 10.2 Å². The van der Waals surface area contributed by atoms with E-state index in [1.165, 1.54) is 17.8 Å². The number of nitrogens with zero attached hydrogens (tertiary/aromatic N) is 2. The normalized spacial score (nSPS) is 15.6. The number of carbonyl (C=O) groups is 1. The molecule has 0 atom stereocenters. The fourth-order valence-corrected chi connectivity index (χ4v) is 3.45. The van der Waals surface area contributed by atoms with E-state index in [1.807, 2.05) is 30.0 Å². The second kappa shape index (κ2) is 5.79. The minimum atomic E-state index is 0.0730. The van der Waals surface area contributed by atoms with E-state index < -0.39 is 0 Å². The molecule has 1 fully saturated rings. The Hall–Kier alpha value is -1.62. The van der Waals surface area contributed by atoms with Gasteiger partial charge in [0.1, 0.15) is 5.75 Å². The van der Waals surface area contributed by atoms with Crippen LogP contribution in [0, 0.1) is 0 Å². The molecule has 2 heterocycles. The van der Waals surface area contributed by atoms with Crippen LogP contribution in [0.2, 0.25) is 0 Å². The van der Waals surface area contributed by atoms with Crippen molar-refractivity contribution in [3.05, 3.63) is 23.2 Å². The van der Waals surface area contributed by atoms with Crippen LogP contribution in [0.3, 0.4) is 0 Å². The van der Waals surface area contributed by atoms with Crippen molar-refractivity contribution in [3.8, 4) is 5.75 Å². The molecule has 0 spiro atoms. The zero-order chi connectivity index (χ0) is 13.9. The van der Waals surface area contributed by atoms with Gasteiger partial charge < -0.3 is 9.64 Å². The number of ether oxygens (including phenoxy) is 1. The number of fused-ring (bicyclic) bond motifs is 1. The van der Waals surface area contributed by atoms with Gasteiger partial charge in [0, 0.05) is 13.1 Å². The van der Waals surface area contributed by atoms with Gasteiger partial charge in [-0.25, -0.2) is 4.98 Å². The third-order valence-electron chi connectivity index (χ3n) is 3.50. The first-order valence-electron chi connectivity index (χ1n) is 7.10. The topological polar surface area (TPSA) is 42.4 Å². The lowest BCUT2D eigenvalue weighted by Gasteiger charge is -2.25. The Labute approximate surface area is 122 Å². The van der Waals surface area contributed by atoms with Gasteiger partial charge in [-0.05, 0) is 44.4 Å². The van der Waals surface area contributed by atoms with Gasteiger partial charge in [-0.3, -0.25) is 4.79 Å². The lowest BCUT2D eigenvalue weighted by Crippen LogP contribution is -2.35. The molecule has 0 bridgehead atoms. The molecule has 5 heteroatoms. The molecule has 1 aromatic carbocycles. The lowest BCUT2D eigenvalue weighted by molar-refractivity contribution is 0.0724. The maximum Gasteiger partial charge on any atom is 0.282 e. The number of hydrogen-bond acceptors (Lipinski definition) is 4. The lowest BCUT2D eigenvalue weighted by atomic mass is 10.1. The molecule has 2 aromatic rings. The van der Waals surface area contributed by atoms with E-state index in [-0.39, 0.29) is 5.91 Å². The van der Waals surface area contributed by atoms with Crippen LogP contribution in [0.1, 0.15) is 36.0 Å². The summed E-state index contributed by atoms with van der Waals surface area (Å²) in [6.45, 7) is 4.32. The van der Waals surface area contributed by atoms with Crippen LogP contribution in [-0.4, -0.2) is 35.5 Å². The van der Waals surface area contributed by atoms with E-state index in [1.54, 1.807) is 0 Å². The number of thiazole rings is 1. The minimum Gasteiger partial charge on any atom is -0.494 e. The number of rotatable bonds is 3. The van der Waals surface area contributed by atoms with Gasteiger partial charge in [0.15, 0.2) is 5.01 Å². The Balaban J connectivity index is 1.86. The van der Waals surface area contributed by atoms with Gasteiger partial charge in [0.2, 0.25) is 0 Å². The molecule has 0 N–H and O–H groups in total. The standard InChI is InChI=1S/C15H18N2O2S/c1-2-19-11-6-7-12-13(10-11)20-14(16-12)15(18)17-8-4-3-5-9-17/h6-7,10H,2-5,8-9H2,1H3. The fourth-order valence-electron chi connectivity index (χ4n) is 2.49. The van der Waals surface area contributed by atoms with E-state index in [0.717, 1.165) is 41.9 Å². The minimum absolute atomic E-state index is 0.0730. The molecule has 0 radical (unpaired) electrons. The quantitative estimate of drug-likeness (QED) is 0.871. The summed E-state index contributed by atoms with van der Waals surface area (Å²) >= 11 is 1.46. The molecule has 0 unspecified atom stereocenters. The monoisotopic (exact) mass is 290 g/mol. The average molecular weight is 290 g/mol. The van der Waals surface area contributed by atoms with Crippen molar-refractivity contribution in [2.75, 3.05) is 19.7 Å². The molecule has 1 aliphatic heterocycles. The molecule has 0 saturated carbocycles. The van der Waals surface area contributed by atoms with Crippen LogP contribution in [-0.2, 0) is 0 Å². The van der Waals surface area contributed by atoms with Crippen LogP contribution < -0.4 is 4.74 Å². The smallest absolute Gasteiger partial charge is 0.282 e. The number of piperidine rings is 1. The molecular weight excluding hydrogens is 272 g/mol. The SMILES string of the molecule is CCOc1ccc2nc(C(=O)N3CCCCC3)sc2c1. The van der Waals surface area contributed by atoms with Crippen molar-refractivity contribution in [2.24, 2.45) is 0 Å². The highest BCUT2D eigenvalue weighted by molar-refractivity contribution is 7.20. The van der Waals surface area contributed by atoms with Crippen molar-refractivity contribution in [1.82, 2.24) is 9.88 Å². The summed E-state index contributed by atoms with van der Waals surface area (Å²) in [5.41, 5.74) is 0.874. The maximum absolute atomic E-state index is 12.4. The molecule has 4 nitrogen and oxygen atoms in total. The molecule has 106 valence electrons. The average Bonchev–Trinajstić information content (AvgIpc) is 2.91. The van der Waals surface area contributed by atoms with Gasteiger partial charge >= 0.3 is 0 Å². The number of amides is 1. The molecule has 1 saturated heterocycles. The van der Waals surface area contributed by atoms with Crippen LogP contribution >= 0.6 is 11.3 Å². The molecule has 1 amide bonds. The number of likely N-dealkylation sites (tertiary alicyclic amines) is 1. The highest BCUT2D eigenvalue weighted by Crippen LogP contribution is 2.27. The van der Waals surface area contributed by atoms with Crippen molar-refractivity contribution < 1.29 is 9.53 Å². The van der Waals surface area contributed by atoms with Crippen molar-refractivity contribution in [2.45, 2.75) is 26.2 Å². The Morgan fingerprint density at radius 1 is 1.35 bits per heavy atom. The summed E-state index contributed by atoms with van der Waals surface area (Å²) < 4.78 is 6.49. The first-order chi connectivity index (χ1) is 9.78. The predicted molar refractivity (Wildman–Crippen MR) is 80.5 cm³/mol. The maximum atomic E-state index is 12.4. The van der Waals surface area contributed by atoms with E-state index >= 15 is 0 Å². The third-order valence-corrected chi connectivity index (χ3v) is 4.50. The molecule has 20 heavy (non-hydrogen) atoms. The largest absolute Gasteiger partial charge is 0.494 e. The summed E-state index contributed by atoms with van der Waals surface area (Å²) in [7, 11) is 0. The van der Waals surface area contributed by atoms with E-state index in [2.05, 4.69) is 4.98 Å². The van der Waals surface area contributed by atoms with E-state index in [9.17, 15) is 4.79 Å². The first-order valence-corrected chi connectivity index (χ1v) is 7.92. The van der Waals surface area contributed by atoms with Gasteiger partial charge in [-0.2, -0.15) is 0 Å². The summed E-state index contributed by atoms with van der Waals surface area (Å²) in [5, 5.41) is 0.593. The highest BCUT2D eigenvalue weighted by atomic mass is 32.1. The number of carbonyl (C=O) groups excluding carboxylic acids is 1. The second-order valence-electron chi connectivity index (χ2n) is 4.93. The third kappa shape index (κ3) is 2.63. The van der Waals surface area contributed by atoms with Crippen molar-refractivity contribution >= 4 is 27.5 Å². The molecule has 3 rings (SSSR count). The molecule has 0 aliphatic carbocycles. The van der Waals surface area contributed by atoms with Crippen LogP contribution in [0.15, 0.2) is 18.2 Å². The van der Waals surface area contributed by atoms with Gasteiger partial charge in [0.05, 0.1) is 16.8 Å². The molecular formula is C15H18N2O2S. The summed E-state index contributed by atoms with van der Waals surface area (Å²) in [5.74, 6) is 0.907. The Morgan fingerprint density at radius 2 is 2.15 bits per heavy atom. The van der Waals surface area contributed by atoms with Crippen LogP contribution in [0.4, 0.5) is 0 Å². The predicted octanol–water partition coefficient (Wildman–Crippen LogP) is 3.32. The number of benzene rings is 1. The van der Waals surface area contributed by atoms with E-state index in [0.29, 0.717) is 11.6 Å². The Kier molecular flexibility index (Phi) is 3.87. The van der Waals surface area contributed by atoms with E-state index in [4.69, 9.17) is 4.74 Å².